The molecule has 0 spiro atoms. The summed E-state index contributed by atoms with van der Waals surface area (Å²) < 4.78 is 13.4. The number of pyridine rings is 1. The van der Waals surface area contributed by atoms with Gasteiger partial charge >= 0.3 is 0 Å². The quantitative estimate of drug-likeness (QED) is 0.219. The fourth-order valence-electron chi connectivity index (χ4n) is 4.89. The van der Waals surface area contributed by atoms with E-state index in [1.54, 1.807) is 7.11 Å². The first kappa shape index (κ1) is 27.6. The SMILES string of the molecule is CCCCNc1nc(N)nc2c3ccccc3n(Cc3cc(CNCC4CCOC4)cnc3OC)c12.CO. The van der Waals surface area contributed by atoms with E-state index in [9.17, 15) is 0 Å². The molecule has 38 heavy (non-hydrogen) atoms. The molecule has 1 atom stereocenters. The number of methoxy groups -OCH3 is 1. The van der Waals surface area contributed by atoms with E-state index in [-0.39, 0.29) is 5.95 Å². The number of aliphatic hydroxyl groups excluding tert-OH is 1. The van der Waals surface area contributed by atoms with Crippen molar-refractivity contribution in [3.8, 4) is 5.88 Å². The Hall–Kier alpha value is -3.47. The third-order valence-corrected chi connectivity index (χ3v) is 6.73. The number of rotatable bonds is 11. The molecule has 10 heteroatoms. The predicted octanol–water partition coefficient (Wildman–Crippen LogP) is 3.57. The highest BCUT2D eigenvalue weighted by molar-refractivity contribution is 6.09. The molecule has 4 heterocycles. The van der Waals surface area contributed by atoms with E-state index in [0.717, 1.165) is 98.1 Å². The zero-order valence-corrected chi connectivity index (χ0v) is 22.5. The molecule has 0 amide bonds. The number of hydrogen-bond acceptors (Lipinski definition) is 9. The second-order valence-electron chi connectivity index (χ2n) is 9.38. The van der Waals surface area contributed by atoms with Gasteiger partial charge in [0.2, 0.25) is 11.8 Å². The minimum atomic E-state index is 0.268. The summed E-state index contributed by atoms with van der Waals surface area (Å²) in [4.78, 5) is 13.8. The monoisotopic (exact) mass is 521 g/mol. The van der Waals surface area contributed by atoms with Gasteiger partial charge in [-0.05, 0) is 36.5 Å². The Kier molecular flexibility index (Phi) is 9.69. The van der Waals surface area contributed by atoms with Crippen LogP contribution < -0.4 is 21.1 Å². The molecule has 3 aromatic heterocycles. The summed E-state index contributed by atoms with van der Waals surface area (Å²) in [6.45, 7) is 6.96. The Bertz CT molecular complexity index is 1340. The van der Waals surface area contributed by atoms with Crippen LogP contribution in [0.3, 0.4) is 0 Å². The molecule has 0 bridgehead atoms. The molecule has 1 unspecified atom stereocenters. The van der Waals surface area contributed by atoms with Gasteiger partial charge in [-0.25, -0.2) is 9.97 Å². The highest BCUT2D eigenvalue weighted by Gasteiger charge is 2.20. The summed E-state index contributed by atoms with van der Waals surface area (Å²) >= 11 is 0. The number of benzene rings is 1. The number of nitrogen functional groups attached to an aromatic ring is 1. The number of fused-ring (bicyclic) bond motifs is 3. The summed E-state index contributed by atoms with van der Waals surface area (Å²) in [6, 6.07) is 10.4. The maximum atomic E-state index is 7.00. The molecule has 4 aromatic rings. The van der Waals surface area contributed by atoms with E-state index < -0.39 is 0 Å². The van der Waals surface area contributed by atoms with Gasteiger partial charge in [-0.2, -0.15) is 4.98 Å². The van der Waals surface area contributed by atoms with Crippen LogP contribution in [0.4, 0.5) is 11.8 Å². The minimum Gasteiger partial charge on any atom is -0.481 e. The number of unbranched alkanes of at least 4 members (excludes halogenated alkanes) is 1. The lowest BCUT2D eigenvalue weighted by molar-refractivity contribution is 0.185. The maximum absolute atomic E-state index is 7.00. The van der Waals surface area contributed by atoms with Gasteiger partial charge in [0.25, 0.3) is 0 Å². The van der Waals surface area contributed by atoms with Crippen molar-refractivity contribution in [2.45, 2.75) is 39.3 Å². The van der Waals surface area contributed by atoms with Gasteiger partial charge in [0.05, 0.1) is 25.8 Å². The van der Waals surface area contributed by atoms with Crippen LogP contribution in [-0.2, 0) is 17.8 Å². The van der Waals surface area contributed by atoms with Gasteiger partial charge in [0.1, 0.15) is 11.0 Å². The first-order valence-corrected chi connectivity index (χ1v) is 13.2. The lowest BCUT2D eigenvalue weighted by Gasteiger charge is -2.15. The average molecular weight is 522 g/mol. The number of nitrogens with zero attached hydrogens (tertiary/aromatic N) is 4. The normalized spacial score (nSPS) is 15.0. The fraction of sp³-hybridized carbons (Fsp3) is 0.464. The maximum Gasteiger partial charge on any atom is 0.222 e. The van der Waals surface area contributed by atoms with Crippen molar-refractivity contribution >= 4 is 33.7 Å². The van der Waals surface area contributed by atoms with Gasteiger partial charge in [0, 0.05) is 50.5 Å². The molecule has 1 aromatic carbocycles. The Labute approximate surface area is 223 Å². The fourth-order valence-corrected chi connectivity index (χ4v) is 4.89. The average Bonchev–Trinajstić information content (AvgIpc) is 3.57. The molecule has 0 radical (unpaired) electrons. The van der Waals surface area contributed by atoms with Gasteiger partial charge < -0.3 is 35.5 Å². The largest absolute Gasteiger partial charge is 0.481 e. The molecule has 5 N–H and O–H groups in total. The minimum absolute atomic E-state index is 0.268. The van der Waals surface area contributed by atoms with Crippen molar-refractivity contribution in [1.82, 2.24) is 24.8 Å². The molecule has 1 saturated heterocycles. The summed E-state index contributed by atoms with van der Waals surface area (Å²) in [7, 11) is 2.66. The number of para-hydroxylation sites is 1. The molecule has 0 aliphatic carbocycles. The topological polar surface area (TPSA) is 132 Å². The number of hydrogen-bond donors (Lipinski definition) is 4. The van der Waals surface area contributed by atoms with Gasteiger partial charge in [0.15, 0.2) is 5.82 Å². The first-order chi connectivity index (χ1) is 18.7. The van der Waals surface area contributed by atoms with Crippen LogP contribution in [0.15, 0.2) is 36.5 Å². The lowest BCUT2D eigenvalue weighted by Crippen LogP contribution is -2.22. The van der Waals surface area contributed by atoms with E-state index in [2.05, 4.69) is 55.3 Å². The first-order valence-electron chi connectivity index (χ1n) is 13.2. The Morgan fingerprint density at radius 3 is 2.84 bits per heavy atom. The standard InChI is InChI=1S/C27H35N7O2.CH4O/c1-3-4-10-30-25-24-23(32-27(28)33-25)21-7-5-6-8-22(21)34(24)16-20-12-19(15-31-26(20)35-2)14-29-13-18-9-11-36-17-18;1-2/h5-8,12,15,18,29H,3-4,9-11,13-14,16-17H2,1-2H3,(H3,28,30,32,33);2H,1H3. The molecule has 5 rings (SSSR count). The van der Waals surface area contributed by atoms with Gasteiger partial charge in [-0.1, -0.05) is 31.5 Å². The molecule has 204 valence electrons. The summed E-state index contributed by atoms with van der Waals surface area (Å²) in [6.07, 6.45) is 5.14. The van der Waals surface area contributed by atoms with Crippen LogP contribution in [-0.4, -0.2) is 65.1 Å². The van der Waals surface area contributed by atoms with Crippen LogP contribution in [0.2, 0.25) is 0 Å². The summed E-state index contributed by atoms with van der Waals surface area (Å²) in [5.74, 6) is 2.22. The van der Waals surface area contributed by atoms with Crippen molar-refractivity contribution < 1.29 is 14.6 Å². The van der Waals surface area contributed by atoms with Crippen molar-refractivity contribution in [3.05, 3.63) is 47.7 Å². The van der Waals surface area contributed by atoms with Crippen molar-refractivity contribution in [2.75, 3.05) is 51.6 Å². The number of nitrogens with one attached hydrogen (secondary N) is 2. The van der Waals surface area contributed by atoms with E-state index in [1.165, 1.54) is 0 Å². The van der Waals surface area contributed by atoms with E-state index in [1.807, 2.05) is 18.3 Å². The molecule has 1 aliphatic rings. The number of aromatic nitrogens is 4. The Balaban J connectivity index is 0.00000164. The highest BCUT2D eigenvalue weighted by Crippen LogP contribution is 2.33. The Morgan fingerprint density at radius 1 is 1.24 bits per heavy atom. The van der Waals surface area contributed by atoms with Crippen LogP contribution in [0.25, 0.3) is 21.9 Å². The Morgan fingerprint density at radius 2 is 2.08 bits per heavy atom. The number of nitrogens with two attached hydrogens (primary N) is 1. The molecule has 0 saturated carbocycles. The van der Waals surface area contributed by atoms with Crippen LogP contribution in [0.5, 0.6) is 5.88 Å². The second kappa shape index (κ2) is 13.4. The van der Waals surface area contributed by atoms with E-state index in [4.69, 9.17) is 20.3 Å². The van der Waals surface area contributed by atoms with Gasteiger partial charge in [-0.3, -0.25) is 0 Å². The van der Waals surface area contributed by atoms with E-state index in [0.29, 0.717) is 18.3 Å². The van der Waals surface area contributed by atoms with Crippen LogP contribution >= 0.6 is 0 Å². The third kappa shape index (κ3) is 6.15. The second-order valence-corrected chi connectivity index (χ2v) is 9.38. The number of aliphatic hydroxyl groups is 1. The molecular weight excluding hydrogens is 482 g/mol. The highest BCUT2D eigenvalue weighted by atomic mass is 16.5. The summed E-state index contributed by atoms with van der Waals surface area (Å²) in [5, 5.41) is 15.1. The molecule has 10 nitrogen and oxygen atoms in total. The smallest absolute Gasteiger partial charge is 0.222 e. The van der Waals surface area contributed by atoms with Crippen molar-refractivity contribution in [2.24, 2.45) is 5.92 Å². The zero-order chi connectivity index (χ0) is 26.9. The van der Waals surface area contributed by atoms with Crippen LogP contribution in [0.1, 0.15) is 37.3 Å². The number of ether oxygens (including phenoxy) is 2. The van der Waals surface area contributed by atoms with Crippen LogP contribution in [0, 0.1) is 5.92 Å². The van der Waals surface area contributed by atoms with Gasteiger partial charge in [-0.15, -0.1) is 0 Å². The lowest BCUT2D eigenvalue weighted by atomic mass is 10.1. The zero-order valence-electron chi connectivity index (χ0n) is 22.5. The predicted molar refractivity (Wildman–Crippen MR) is 152 cm³/mol. The van der Waals surface area contributed by atoms with Crippen molar-refractivity contribution in [1.29, 1.82) is 0 Å². The molecule has 1 fully saturated rings. The summed E-state index contributed by atoms with van der Waals surface area (Å²) in [5.41, 5.74) is 11.1. The third-order valence-electron chi connectivity index (χ3n) is 6.73. The molecule has 1 aliphatic heterocycles. The molecular formula is C28H39N7O3. The van der Waals surface area contributed by atoms with Crippen molar-refractivity contribution in [3.63, 3.8) is 0 Å². The number of anilines is 2. The van der Waals surface area contributed by atoms with E-state index >= 15 is 0 Å².